The number of amides is 1. The number of halogens is 1. The van der Waals surface area contributed by atoms with Crippen LogP contribution in [0.5, 0.6) is 0 Å². The fourth-order valence-electron chi connectivity index (χ4n) is 1.44. The van der Waals surface area contributed by atoms with Crippen molar-refractivity contribution in [3.63, 3.8) is 0 Å². The molecule has 0 fully saturated rings. The van der Waals surface area contributed by atoms with Crippen LogP contribution in [0.4, 0.5) is 4.39 Å². The van der Waals surface area contributed by atoms with Crippen LogP contribution in [-0.2, 0) is 4.74 Å². The number of carbonyl (C=O) groups excluding carboxylic acids is 1. The van der Waals surface area contributed by atoms with Gasteiger partial charge in [0.2, 0.25) is 0 Å². The van der Waals surface area contributed by atoms with Gasteiger partial charge in [-0.1, -0.05) is 18.2 Å². The SMILES string of the molecule is C=CCN(CCOC)C(=O)c1ccccc1F. The third kappa shape index (κ3) is 3.67. The molecule has 0 saturated heterocycles. The molecule has 0 aliphatic rings. The van der Waals surface area contributed by atoms with Gasteiger partial charge in [0.1, 0.15) is 5.82 Å². The van der Waals surface area contributed by atoms with Crippen LogP contribution >= 0.6 is 0 Å². The molecule has 92 valence electrons. The first-order valence-corrected chi connectivity index (χ1v) is 5.34. The molecule has 0 saturated carbocycles. The predicted octanol–water partition coefficient (Wildman–Crippen LogP) is 2.10. The summed E-state index contributed by atoms with van der Waals surface area (Å²) in [6.45, 7) is 4.77. The second-order valence-corrected chi connectivity index (χ2v) is 3.51. The van der Waals surface area contributed by atoms with E-state index in [0.717, 1.165) is 0 Å². The zero-order chi connectivity index (χ0) is 12.7. The summed E-state index contributed by atoms with van der Waals surface area (Å²) in [6, 6.07) is 5.94. The third-order valence-corrected chi connectivity index (χ3v) is 2.31. The van der Waals surface area contributed by atoms with E-state index in [1.54, 1.807) is 25.3 Å². The van der Waals surface area contributed by atoms with Crippen LogP contribution < -0.4 is 0 Å². The van der Waals surface area contributed by atoms with Crippen LogP contribution in [0.1, 0.15) is 10.4 Å². The minimum Gasteiger partial charge on any atom is -0.383 e. The number of nitrogens with zero attached hydrogens (tertiary/aromatic N) is 1. The van der Waals surface area contributed by atoms with Gasteiger partial charge in [0, 0.05) is 20.2 Å². The third-order valence-electron chi connectivity index (χ3n) is 2.31. The number of ether oxygens (including phenoxy) is 1. The molecule has 1 amide bonds. The van der Waals surface area contributed by atoms with Crippen molar-refractivity contribution >= 4 is 5.91 Å². The van der Waals surface area contributed by atoms with E-state index in [-0.39, 0.29) is 11.5 Å². The number of benzene rings is 1. The van der Waals surface area contributed by atoms with Crippen LogP contribution in [0.3, 0.4) is 0 Å². The summed E-state index contributed by atoms with van der Waals surface area (Å²) in [4.78, 5) is 13.5. The summed E-state index contributed by atoms with van der Waals surface area (Å²) in [7, 11) is 1.56. The van der Waals surface area contributed by atoms with E-state index in [4.69, 9.17) is 4.74 Å². The minimum absolute atomic E-state index is 0.0745. The standard InChI is InChI=1S/C13H16FNO2/c1-3-8-15(9-10-17-2)13(16)11-6-4-5-7-12(11)14/h3-7H,1,8-10H2,2H3. The molecule has 0 aliphatic heterocycles. The lowest BCUT2D eigenvalue weighted by Gasteiger charge is -2.20. The van der Waals surface area contributed by atoms with E-state index in [1.165, 1.54) is 17.0 Å². The molecule has 0 N–H and O–H groups in total. The highest BCUT2D eigenvalue weighted by Gasteiger charge is 2.17. The summed E-state index contributed by atoms with van der Waals surface area (Å²) >= 11 is 0. The molecular weight excluding hydrogens is 221 g/mol. The lowest BCUT2D eigenvalue weighted by Crippen LogP contribution is -2.34. The molecule has 1 rings (SSSR count). The molecule has 0 heterocycles. The molecule has 0 unspecified atom stereocenters. The highest BCUT2D eigenvalue weighted by molar-refractivity contribution is 5.94. The topological polar surface area (TPSA) is 29.5 Å². The molecule has 1 aromatic rings. The van der Waals surface area contributed by atoms with Crippen molar-refractivity contribution in [2.45, 2.75) is 0 Å². The molecule has 17 heavy (non-hydrogen) atoms. The Hall–Kier alpha value is -1.68. The summed E-state index contributed by atoms with van der Waals surface area (Å²) in [5.74, 6) is -0.857. The fraction of sp³-hybridized carbons (Fsp3) is 0.308. The van der Waals surface area contributed by atoms with Gasteiger partial charge in [-0.25, -0.2) is 4.39 Å². The average Bonchev–Trinajstić information content (AvgIpc) is 2.34. The number of methoxy groups -OCH3 is 1. The fourth-order valence-corrected chi connectivity index (χ4v) is 1.44. The summed E-state index contributed by atoms with van der Waals surface area (Å²) in [5.41, 5.74) is 0.0745. The Morgan fingerprint density at radius 2 is 2.24 bits per heavy atom. The normalized spacial score (nSPS) is 10.0. The van der Waals surface area contributed by atoms with Crippen molar-refractivity contribution in [1.82, 2.24) is 4.90 Å². The largest absolute Gasteiger partial charge is 0.383 e. The Kier molecular flexibility index (Phi) is 5.36. The first-order chi connectivity index (χ1) is 8.20. The van der Waals surface area contributed by atoms with Gasteiger partial charge in [-0.05, 0) is 12.1 Å². The predicted molar refractivity (Wildman–Crippen MR) is 64.4 cm³/mol. The monoisotopic (exact) mass is 237 g/mol. The molecular formula is C13H16FNO2. The van der Waals surface area contributed by atoms with Crippen LogP contribution in [0.15, 0.2) is 36.9 Å². The van der Waals surface area contributed by atoms with Crippen LogP contribution in [-0.4, -0.2) is 37.6 Å². The Bertz CT molecular complexity index is 393. The van der Waals surface area contributed by atoms with E-state index in [0.29, 0.717) is 19.7 Å². The summed E-state index contributed by atoms with van der Waals surface area (Å²) in [5, 5.41) is 0. The Morgan fingerprint density at radius 3 is 2.82 bits per heavy atom. The van der Waals surface area contributed by atoms with Crippen molar-refractivity contribution in [3.05, 3.63) is 48.3 Å². The number of rotatable bonds is 6. The molecule has 4 heteroatoms. The lowest BCUT2D eigenvalue weighted by molar-refractivity contribution is 0.0713. The van der Waals surface area contributed by atoms with Crippen molar-refractivity contribution < 1.29 is 13.9 Å². The molecule has 0 atom stereocenters. The van der Waals surface area contributed by atoms with Crippen molar-refractivity contribution in [2.75, 3.05) is 26.8 Å². The average molecular weight is 237 g/mol. The van der Waals surface area contributed by atoms with Gasteiger partial charge in [-0.3, -0.25) is 4.79 Å². The Labute approximate surface area is 100 Å². The van der Waals surface area contributed by atoms with Gasteiger partial charge in [0.15, 0.2) is 0 Å². The molecule has 3 nitrogen and oxygen atoms in total. The maximum absolute atomic E-state index is 13.5. The zero-order valence-corrected chi connectivity index (χ0v) is 9.86. The quantitative estimate of drug-likeness (QED) is 0.709. The highest BCUT2D eigenvalue weighted by atomic mass is 19.1. The van der Waals surface area contributed by atoms with Gasteiger partial charge < -0.3 is 9.64 Å². The molecule has 0 spiro atoms. The van der Waals surface area contributed by atoms with E-state index in [9.17, 15) is 9.18 Å². The first kappa shape index (κ1) is 13.4. The van der Waals surface area contributed by atoms with Gasteiger partial charge in [-0.2, -0.15) is 0 Å². The zero-order valence-electron chi connectivity index (χ0n) is 9.86. The highest BCUT2D eigenvalue weighted by Crippen LogP contribution is 2.10. The van der Waals surface area contributed by atoms with Gasteiger partial charge in [0.05, 0.1) is 12.2 Å². The molecule has 0 aliphatic carbocycles. The van der Waals surface area contributed by atoms with Crippen molar-refractivity contribution in [1.29, 1.82) is 0 Å². The van der Waals surface area contributed by atoms with Gasteiger partial charge in [0.25, 0.3) is 5.91 Å². The molecule has 1 aromatic carbocycles. The summed E-state index contributed by atoms with van der Waals surface area (Å²) in [6.07, 6.45) is 1.61. The molecule has 0 radical (unpaired) electrons. The van der Waals surface area contributed by atoms with Crippen molar-refractivity contribution in [3.8, 4) is 0 Å². The van der Waals surface area contributed by atoms with E-state index in [2.05, 4.69) is 6.58 Å². The Balaban J connectivity index is 2.83. The smallest absolute Gasteiger partial charge is 0.257 e. The number of hydrogen-bond acceptors (Lipinski definition) is 2. The maximum atomic E-state index is 13.5. The van der Waals surface area contributed by atoms with Gasteiger partial charge in [-0.15, -0.1) is 6.58 Å². The van der Waals surface area contributed by atoms with E-state index < -0.39 is 5.82 Å². The van der Waals surface area contributed by atoms with Gasteiger partial charge >= 0.3 is 0 Å². The molecule has 0 aromatic heterocycles. The van der Waals surface area contributed by atoms with Crippen LogP contribution in [0, 0.1) is 5.82 Å². The van der Waals surface area contributed by atoms with Crippen LogP contribution in [0.25, 0.3) is 0 Å². The van der Waals surface area contributed by atoms with Crippen LogP contribution in [0.2, 0.25) is 0 Å². The second-order valence-electron chi connectivity index (χ2n) is 3.51. The maximum Gasteiger partial charge on any atom is 0.257 e. The Morgan fingerprint density at radius 1 is 1.53 bits per heavy atom. The van der Waals surface area contributed by atoms with E-state index in [1.807, 2.05) is 0 Å². The second kappa shape index (κ2) is 6.81. The summed E-state index contributed by atoms with van der Waals surface area (Å²) < 4.78 is 18.4. The molecule has 0 bridgehead atoms. The van der Waals surface area contributed by atoms with E-state index >= 15 is 0 Å². The lowest BCUT2D eigenvalue weighted by atomic mass is 10.2. The minimum atomic E-state index is -0.510. The first-order valence-electron chi connectivity index (χ1n) is 5.34. The van der Waals surface area contributed by atoms with Crippen molar-refractivity contribution in [2.24, 2.45) is 0 Å². The number of hydrogen-bond donors (Lipinski definition) is 0. The number of carbonyl (C=O) groups is 1.